The number of carboxylic acid groups (broad SMARTS) is 1. The molecule has 7 rings (SSSR count). The van der Waals surface area contributed by atoms with Crippen molar-refractivity contribution in [3.05, 3.63) is 131 Å². The first-order valence-electron chi connectivity index (χ1n) is 16.6. The van der Waals surface area contributed by atoms with Crippen molar-refractivity contribution in [1.29, 1.82) is 0 Å². The molecular weight excluding hydrogens is 649 g/mol. The van der Waals surface area contributed by atoms with Crippen LogP contribution in [0.15, 0.2) is 119 Å². The lowest BCUT2D eigenvalue weighted by atomic mass is 9.98. The second-order valence-corrected chi connectivity index (χ2v) is 13.4. The number of alkyl carbamates (subject to hydrolysis) is 1. The van der Waals surface area contributed by atoms with Crippen LogP contribution >= 0.6 is 11.8 Å². The number of hydrogen-bond donors (Lipinski definition) is 3. The summed E-state index contributed by atoms with van der Waals surface area (Å²) in [6.07, 6.45) is 3.93. The summed E-state index contributed by atoms with van der Waals surface area (Å²) in [6, 6.07) is 33.3. The summed E-state index contributed by atoms with van der Waals surface area (Å²) in [5, 5.41) is 17.3. The molecular formula is C40H37N4O5S+. The van der Waals surface area contributed by atoms with Crippen molar-refractivity contribution in [1.82, 2.24) is 10.6 Å². The molecule has 252 valence electrons. The highest BCUT2D eigenvalue weighted by molar-refractivity contribution is 8.03. The maximum absolute atomic E-state index is 13.1. The molecule has 10 heteroatoms. The number of benzene rings is 4. The van der Waals surface area contributed by atoms with Crippen molar-refractivity contribution in [2.45, 2.75) is 36.2 Å². The van der Waals surface area contributed by atoms with Crippen LogP contribution in [-0.4, -0.2) is 49.3 Å². The lowest BCUT2D eigenvalue weighted by Gasteiger charge is -2.16. The van der Waals surface area contributed by atoms with Crippen molar-refractivity contribution in [2.75, 3.05) is 25.1 Å². The lowest BCUT2D eigenvalue weighted by Crippen LogP contribution is -2.48. The van der Waals surface area contributed by atoms with Gasteiger partial charge in [-0.05, 0) is 64.9 Å². The summed E-state index contributed by atoms with van der Waals surface area (Å²) < 4.78 is 7.40. The molecule has 2 heterocycles. The third kappa shape index (κ3) is 6.79. The van der Waals surface area contributed by atoms with Gasteiger partial charge in [-0.3, -0.25) is 4.79 Å². The van der Waals surface area contributed by atoms with E-state index in [0.29, 0.717) is 6.42 Å². The van der Waals surface area contributed by atoms with E-state index in [2.05, 4.69) is 65.1 Å². The van der Waals surface area contributed by atoms with E-state index in [9.17, 15) is 19.5 Å². The molecule has 9 nitrogen and oxygen atoms in total. The fraction of sp³-hybridized carbons (Fsp3) is 0.200. The van der Waals surface area contributed by atoms with E-state index in [1.807, 2.05) is 77.5 Å². The van der Waals surface area contributed by atoms with Crippen molar-refractivity contribution in [3.8, 4) is 11.1 Å². The number of carbonyl (C=O) groups excluding carboxylic acids is 2. The number of amides is 2. The van der Waals surface area contributed by atoms with Gasteiger partial charge < -0.3 is 25.4 Å². The molecule has 2 aliphatic rings. The van der Waals surface area contributed by atoms with Crippen LogP contribution in [0.5, 0.6) is 0 Å². The van der Waals surface area contributed by atoms with Gasteiger partial charge in [0.05, 0.1) is 16.1 Å². The zero-order valence-electron chi connectivity index (χ0n) is 27.5. The maximum atomic E-state index is 13.1. The number of pyridine rings is 1. The molecule has 1 aliphatic carbocycles. The monoisotopic (exact) mass is 685 g/mol. The van der Waals surface area contributed by atoms with Crippen LogP contribution < -0.4 is 20.1 Å². The van der Waals surface area contributed by atoms with Crippen LogP contribution in [0.1, 0.15) is 35.4 Å². The minimum absolute atomic E-state index is 0.0424. The number of nitrogens with zero attached hydrogens (tertiary/aromatic N) is 2. The number of ether oxygens (including phenoxy) is 1. The van der Waals surface area contributed by atoms with Crippen LogP contribution in [-0.2, 0) is 20.9 Å². The van der Waals surface area contributed by atoms with Gasteiger partial charge in [0, 0.05) is 36.5 Å². The first kappa shape index (κ1) is 32.9. The molecule has 0 radical (unpaired) electrons. The summed E-state index contributed by atoms with van der Waals surface area (Å²) in [7, 11) is 2.05. The summed E-state index contributed by atoms with van der Waals surface area (Å²) in [5.41, 5.74) is 7.60. The zero-order chi connectivity index (χ0) is 34.6. The number of thioether (sulfide) groups is 1. The van der Waals surface area contributed by atoms with Crippen LogP contribution in [0.4, 0.5) is 10.5 Å². The van der Waals surface area contributed by atoms with Gasteiger partial charge in [-0.2, -0.15) is 4.57 Å². The van der Waals surface area contributed by atoms with Crippen molar-refractivity contribution < 1.29 is 28.8 Å². The Labute approximate surface area is 294 Å². The highest BCUT2D eigenvalue weighted by Gasteiger charge is 2.29. The molecule has 0 fully saturated rings. The second kappa shape index (κ2) is 14.5. The number of anilines is 1. The van der Waals surface area contributed by atoms with Crippen LogP contribution in [0.2, 0.25) is 0 Å². The van der Waals surface area contributed by atoms with Gasteiger partial charge in [0.1, 0.15) is 12.6 Å². The van der Waals surface area contributed by atoms with Crippen LogP contribution in [0, 0.1) is 0 Å². The number of para-hydroxylation sites is 2. The summed E-state index contributed by atoms with van der Waals surface area (Å²) >= 11 is 1.71. The lowest BCUT2D eigenvalue weighted by molar-refractivity contribution is -0.658. The third-order valence-electron chi connectivity index (χ3n) is 9.24. The molecule has 1 aliphatic heterocycles. The van der Waals surface area contributed by atoms with E-state index in [0.717, 1.165) is 49.4 Å². The van der Waals surface area contributed by atoms with Gasteiger partial charge >= 0.3 is 12.1 Å². The highest BCUT2D eigenvalue weighted by atomic mass is 32.2. The van der Waals surface area contributed by atoms with Crippen molar-refractivity contribution in [2.24, 2.45) is 0 Å². The Morgan fingerprint density at radius 2 is 1.60 bits per heavy atom. The molecule has 0 saturated carbocycles. The van der Waals surface area contributed by atoms with Crippen LogP contribution in [0.25, 0.3) is 28.1 Å². The Hall–Kier alpha value is -5.61. The van der Waals surface area contributed by atoms with Gasteiger partial charge in [0.25, 0.3) is 5.91 Å². The van der Waals surface area contributed by atoms with E-state index >= 15 is 0 Å². The Balaban J connectivity index is 0.920. The first-order chi connectivity index (χ1) is 24.4. The molecule has 1 unspecified atom stereocenters. The third-order valence-corrected chi connectivity index (χ3v) is 10.4. The predicted molar refractivity (Wildman–Crippen MR) is 195 cm³/mol. The highest BCUT2D eigenvalue weighted by Crippen LogP contribution is 2.46. The number of nitrogens with one attached hydrogen (secondary N) is 2. The minimum atomic E-state index is -1.13. The SMILES string of the molecule is CN1/C(=C\c2cc[n+](CC(=O)NC(CCCNC(=O)OCC3c4ccccc4-c4ccccc43)C(=O)O)c3ccccc23)Sc2ccccc21. The Morgan fingerprint density at radius 3 is 2.34 bits per heavy atom. The van der Waals surface area contributed by atoms with E-state index in [4.69, 9.17) is 4.74 Å². The number of fused-ring (bicyclic) bond motifs is 5. The number of aromatic nitrogens is 1. The molecule has 0 saturated heterocycles. The van der Waals surface area contributed by atoms with Crippen molar-refractivity contribution >= 4 is 52.4 Å². The second-order valence-electron chi connectivity index (χ2n) is 12.4. The van der Waals surface area contributed by atoms with E-state index < -0.39 is 24.0 Å². The topological polar surface area (TPSA) is 112 Å². The normalized spacial score (nSPS) is 14.6. The maximum Gasteiger partial charge on any atom is 0.407 e. The smallest absolute Gasteiger partial charge is 0.407 e. The average Bonchev–Trinajstić information content (AvgIpc) is 3.63. The van der Waals surface area contributed by atoms with Gasteiger partial charge in [-0.1, -0.05) is 84.6 Å². The number of aliphatic carboxylic acids is 1. The molecule has 3 N–H and O–H groups in total. The van der Waals surface area contributed by atoms with E-state index in [1.165, 1.54) is 4.90 Å². The summed E-state index contributed by atoms with van der Waals surface area (Å²) in [4.78, 5) is 41.1. The minimum Gasteiger partial charge on any atom is -0.480 e. The fourth-order valence-electron chi connectivity index (χ4n) is 6.75. The number of rotatable bonds is 11. The molecule has 4 aromatic carbocycles. The van der Waals surface area contributed by atoms with E-state index in [-0.39, 0.29) is 32.0 Å². The molecule has 50 heavy (non-hydrogen) atoms. The number of carboxylic acids is 1. The molecule has 0 spiro atoms. The first-order valence-corrected chi connectivity index (χ1v) is 17.4. The number of carbonyl (C=O) groups is 3. The largest absolute Gasteiger partial charge is 0.480 e. The molecule has 0 bridgehead atoms. The molecule has 1 aromatic heterocycles. The fourth-order valence-corrected chi connectivity index (χ4v) is 7.85. The van der Waals surface area contributed by atoms with Gasteiger partial charge in [-0.15, -0.1) is 0 Å². The number of hydrogen-bond acceptors (Lipinski definition) is 6. The van der Waals surface area contributed by atoms with Gasteiger partial charge in [0.15, 0.2) is 6.20 Å². The molecule has 1 atom stereocenters. The standard InChI is InChI=1S/C40H36N4O5S/c1-43-35-18-8-9-19-36(35)50-38(43)23-26-20-22-44(34-17-7-6-11-27(26)34)24-37(45)42-33(39(46)47)16-10-21-41-40(48)49-25-32-30-14-4-2-12-28(30)29-13-3-5-15-31(29)32/h2-9,11-15,17-20,22-23,32-33H,10,16,21,24-25H2,1H3,(H2-,41,42,45,46,47,48)/p+1. The average molecular weight is 686 g/mol. The molecule has 5 aromatic rings. The predicted octanol–water partition coefficient (Wildman–Crippen LogP) is 6.56. The Bertz CT molecular complexity index is 2090. The van der Waals surface area contributed by atoms with Gasteiger partial charge in [-0.25, -0.2) is 9.59 Å². The molecule has 2 amide bonds. The van der Waals surface area contributed by atoms with E-state index in [1.54, 1.807) is 11.8 Å². The Morgan fingerprint density at radius 1 is 0.920 bits per heavy atom. The zero-order valence-corrected chi connectivity index (χ0v) is 28.4. The van der Waals surface area contributed by atoms with Crippen molar-refractivity contribution in [3.63, 3.8) is 0 Å². The Kier molecular flexibility index (Phi) is 9.53. The van der Waals surface area contributed by atoms with Crippen LogP contribution in [0.3, 0.4) is 0 Å². The van der Waals surface area contributed by atoms with Gasteiger partial charge in [0.2, 0.25) is 12.1 Å². The summed E-state index contributed by atoms with van der Waals surface area (Å²) in [5.74, 6) is -1.59. The summed E-state index contributed by atoms with van der Waals surface area (Å²) in [6.45, 7) is 0.368. The quantitative estimate of drug-likeness (QED) is 0.107.